The number of rotatable bonds is 4. The largest absolute Gasteiger partial charge is 0.379 e. The smallest absolute Gasteiger partial charge is 0.242 e. The van der Waals surface area contributed by atoms with Gasteiger partial charge in [-0.25, -0.2) is 19.4 Å². The molecule has 0 radical (unpaired) electrons. The van der Waals surface area contributed by atoms with E-state index in [1.54, 1.807) is 0 Å². The Morgan fingerprint density at radius 1 is 0.727 bits per heavy atom. The molecule has 126 valence electrons. The first kappa shape index (κ1) is 20.4. The summed E-state index contributed by atoms with van der Waals surface area (Å²) < 4.78 is 0. The Kier molecular flexibility index (Phi) is 7.57. The molecule has 0 unspecified atom stereocenters. The quantitative estimate of drug-likeness (QED) is 0.427. The zero-order valence-electron chi connectivity index (χ0n) is 15.2. The molecule has 0 heterocycles. The minimum absolute atomic E-state index is 0.0876. The standard InChI is InChI=1S/C18H30O4/c1-13(11-17(3,4)5)9-15(19)21-22-16(20)10-14(2)12-18(6,7)8/h9-10H,11-12H2,1-8H3. The van der Waals surface area contributed by atoms with Crippen molar-refractivity contribution in [3.8, 4) is 0 Å². The van der Waals surface area contributed by atoms with E-state index in [0.717, 1.165) is 24.0 Å². The van der Waals surface area contributed by atoms with Crippen molar-refractivity contribution < 1.29 is 19.4 Å². The molecule has 0 aliphatic heterocycles. The zero-order valence-corrected chi connectivity index (χ0v) is 15.2. The SMILES string of the molecule is CC(=CC(=O)OOC(=O)C=C(C)CC(C)(C)C)CC(C)(C)C. The highest BCUT2D eigenvalue weighted by Gasteiger charge is 2.14. The molecule has 0 saturated heterocycles. The summed E-state index contributed by atoms with van der Waals surface area (Å²) in [6, 6.07) is 0. The van der Waals surface area contributed by atoms with Gasteiger partial charge in [0.05, 0.1) is 0 Å². The average Bonchev–Trinajstić information content (AvgIpc) is 2.20. The van der Waals surface area contributed by atoms with Crippen molar-refractivity contribution in [2.75, 3.05) is 0 Å². The number of hydrogen-bond donors (Lipinski definition) is 0. The van der Waals surface area contributed by atoms with Crippen LogP contribution in [0.25, 0.3) is 0 Å². The molecular weight excluding hydrogens is 280 g/mol. The van der Waals surface area contributed by atoms with E-state index in [9.17, 15) is 9.59 Å². The van der Waals surface area contributed by atoms with Crippen LogP contribution in [0.3, 0.4) is 0 Å². The lowest BCUT2D eigenvalue weighted by molar-refractivity contribution is -0.250. The maximum absolute atomic E-state index is 11.6. The molecule has 0 saturated carbocycles. The summed E-state index contributed by atoms with van der Waals surface area (Å²) in [5, 5.41) is 0. The minimum Gasteiger partial charge on any atom is -0.242 e. The van der Waals surface area contributed by atoms with Crippen LogP contribution in [0.4, 0.5) is 0 Å². The molecule has 0 rings (SSSR count). The van der Waals surface area contributed by atoms with Crippen molar-refractivity contribution >= 4 is 11.9 Å². The number of allylic oxidation sites excluding steroid dienone is 2. The van der Waals surface area contributed by atoms with E-state index in [2.05, 4.69) is 51.3 Å². The van der Waals surface area contributed by atoms with Crippen LogP contribution >= 0.6 is 0 Å². The molecule has 0 amide bonds. The molecule has 0 aromatic heterocycles. The van der Waals surface area contributed by atoms with Gasteiger partial charge in [0.15, 0.2) is 0 Å². The fraction of sp³-hybridized carbons (Fsp3) is 0.667. The fourth-order valence-corrected chi connectivity index (χ4v) is 2.31. The Morgan fingerprint density at radius 3 is 1.23 bits per heavy atom. The molecule has 4 nitrogen and oxygen atoms in total. The van der Waals surface area contributed by atoms with Gasteiger partial charge >= 0.3 is 11.9 Å². The Bertz CT molecular complexity index is 412. The number of carbonyl (C=O) groups is 2. The number of carbonyl (C=O) groups excluding carboxylic acids is 2. The molecule has 0 N–H and O–H groups in total. The first-order chi connectivity index (χ1) is 9.78. The van der Waals surface area contributed by atoms with Crippen LogP contribution in [0.2, 0.25) is 0 Å². The van der Waals surface area contributed by atoms with Gasteiger partial charge in [-0.1, -0.05) is 52.7 Å². The lowest BCUT2D eigenvalue weighted by atomic mass is 9.88. The first-order valence-corrected chi connectivity index (χ1v) is 7.55. The summed E-state index contributed by atoms with van der Waals surface area (Å²) in [7, 11) is 0. The molecule has 0 spiro atoms. The summed E-state index contributed by atoms with van der Waals surface area (Å²) in [4.78, 5) is 32.1. The highest BCUT2D eigenvalue weighted by molar-refractivity contribution is 5.85. The van der Waals surface area contributed by atoms with E-state index in [1.807, 2.05) is 13.8 Å². The second-order valence-corrected chi connectivity index (χ2v) is 8.26. The lowest BCUT2D eigenvalue weighted by Crippen LogP contribution is -2.11. The summed E-state index contributed by atoms with van der Waals surface area (Å²) in [6.45, 7) is 16.2. The van der Waals surface area contributed by atoms with Crippen molar-refractivity contribution in [1.82, 2.24) is 0 Å². The van der Waals surface area contributed by atoms with Gasteiger partial charge in [0, 0.05) is 12.2 Å². The fourth-order valence-electron chi connectivity index (χ4n) is 2.31. The molecule has 0 aromatic carbocycles. The maximum atomic E-state index is 11.6. The van der Waals surface area contributed by atoms with Gasteiger partial charge in [-0.05, 0) is 37.5 Å². The Balaban J connectivity index is 4.39. The second-order valence-electron chi connectivity index (χ2n) is 8.26. The highest BCUT2D eigenvalue weighted by Crippen LogP contribution is 2.24. The topological polar surface area (TPSA) is 52.6 Å². The van der Waals surface area contributed by atoms with Crippen LogP contribution in [0.1, 0.15) is 68.2 Å². The van der Waals surface area contributed by atoms with E-state index < -0.39 is 11.9 Å². The Morgan fingerprint density at radius 2 is 1.00 bits per heavy atom. The van der Waals surface area contributed by atoms with E-state index >= 15 is 0 Å². The van der Waals surface area contributed by atoms with Gasteiger partial charge in [-0.2, -0.15) is 0 Å². The predicted molar refractivity (Wildman–Crippen MR) is 87.8 cm³/mol. The van der Waals surface area contributed by atoms with Crippen molar-refractivity contribution in [2.45, 2.75) is 68.2 Å². The summed E-state index contributed by atoms with van der Waals surface area (Å²) >= 11 is 0. The molecule has 4 heteroatoms. The Labute approximate surface area is 134 Å². The lowest BCUT2D eigenvalue weighted by Gasteiger charge is -2.18. The van der Waals surface area contributed by atoms with Crippen LogP contribution in [0.15, 0.2) is 23.3 Å². The van der Waals surface area contributed by atoms with Gasteiger partial charge in [0.25, 0.3) is 0 Å². The van der Waals surface area contributed by atoms with Crippen molar-refractivity contribution in [3.05, 3.63) is 23.3 Å². The van der Waals surface area contributed by atoms with E-state index in [4.69, 9.17) is 0 Å². The van der Waals surface area contributed by atoms with E-state index in [-0.39, 0.29) is 10.8 Å². The third-order valence-electron chi connectivity index (χ3n) is 2.55. The first-order valence-electron chi connectivity index (χ1n) is 7.55. The molecule has 0 aliphatic carbocycles. The van der Waals surface area contributed by atoms with Crippen molar-refractivity contribution in [1.29, 1.82) is 0 Å². The third kappa shape index (κ3) is 12.2. The highest BCUT2D eigenvalue weighted by atomic mass is 17.2. The van der Waals surface area contributed by atoms with Crippen molar-refractivity contribution in [2.24, 2.45) is 10.8 Å². The third-order valence-corrected chi connectivity index (χ3v) is 2.55. The van der Waals surface area contributed by atoms with Gasteiger partial charge < -0.3 is 0 Å². The van der Waals surface area contributed by atoms with Crippen LogP contribution in [0, 0.1) is 10.8 Å². The average molecular weight is 310 g/mol. The molecule has 0 atom stereocenters. The van der Waals surface area contributed by atoms with E-state index in [0.29, 0.717) is 0 Å². The van der Waals surface area contributed by atoms with Crippen LogP contribution in [-0.4, -0.2) is 11.9 Å². The number of hydrogen-bond acceptors (Lipinski definition) is 4. The molecule has 0 aliphatic rings. The van der Waals surface area contributed by atoms with Gasteiger partial charge in [0.1, 0.15) is 0 Å². The van der Waals surface area contributed by atoms with Crippen molar-refractivity contribution in [3.63, 3.8) is 0 Å². The monoisotopic (exact) mass is 310 g/mol. The summed E-state index contributed by atoms with van der Waals surface area (Å²) in [5.41, 5.74) is 1.94. The van der Waals surface area contributed by atoms with Crippen LogP contribution < -0.4 is 0 Å². The second kappa shape index (κ2) is 8.16. The molecular formula is C18H30O4. The zero-order chi connectivity index (χ0) is 17.6. The van der Waals surface area contributed by atoms with E-state index in [1.165, 1.54) is 12.2 Å². The minimum atomic E-state index is -0.669. The summed E-state index contributed by atoms with van der Waals surface area (Å²) in [6.07, 6.45) is 4.23. The van der Waals surface area contributed by atoms with Gasteiger partial charge in [-0.15, -0.1) is 0 Å². The van der Waals surface area contributed by atoms with Gasteiger partial charge in [0.2, 0.25) is 0 Å². The molecule has 22 heavy (non-hydrogen) atoms. The molecule has 0 bridgehead atoms. The maximum Gasteiger partial charge on any atom is 0.379 e. The Hall–Kier alpha value is -1.58. The van der Waals surface area contributed by atoms with Gasteiger partial charge in [-0.3, -0.25) is 0 Å². The molecule has 0 aromatic rings. The van der Waals surface area contributed by atoms with Crippen LogP contribution in [-0.2, 0) is 19.4 Å². The van der Waals surface area contributed by atoms with Crippen LogP contribution in [0.5, 0.6) is 0 Å². The normalized spacial score (nSPS) is 13.8. The predicted octanol–water partition coefficient (Wildman–Crippen LogP) is 4.75. The molecule has 0 fully saturated rings. The summed E-state index contributed by atoms with van der Waals surface area (Å²) in [5.74, 6) is -1.34.